The topological polar surface area (TPSA) is 38.8 Å². The summed E-state index contributed by atoms with van der Waals surface area (Å²) in [6.07, 6.45) is 0. The van der Waals surface area contributed by atoms with E-state index in [0.717, 1.165) is 12.3 Å². The molecule has 100 valence electrons. The number of methoxy groups -OCH3 is 1. The molecule has 1 aromatic rings. The largest absolute Gasteiger partial charge is 0.497 e. The highest BCUT2D eigenvalue weighted by Crippen LogP contribution is 2.11. The summed E-state index contributed by atoms with van der Waals surface area (Å²) in [7, 11) is 3.53. The molecule has 0 saturated carbocycles. The molecule has 1 aromatic carbocycles. The smallest absolute Gasteiger partial charge is 0.176 e. The standard InChI is InChI=1S/C14H21NO3/c1-4-18-10-9-15(2)11-14(16)12-5-7-13(17-3)8-6-12/h5-8H,4,9-11H2,1-3H3. The Balaban J connectivity index is 2.43. The Hall–Kier alpha value is -1.39. The fourth-order valence-corrected chi connectivity index (χ4v) is 1.56. The highest BCUT2D eigenvalue weighted by molar-refractivity contribution is 5.97. The number of ketones is 1. The van der Waals surface area contributed by atoms with Gasteiger partial charge in [0.1, 0.15) is 5.75 Å². The third-order valence-electron chi connectivity index (χ3n) is 2.65. The number of Topliss-reactive ketones (excluding diaryl/α,β-unsaturated/α-hetero) is 1. The van der Waals surface area contributed by atoms with Crippen molar-refractivity contribution in [3.8, 4) is 5.75 Å². The number of ether oxygens (including phenoxy) is 2. The van der Waals surface area contributed by atoms with Crippen molar-refractivity contribution >= 4 is 5.78 Å². The predicted octanol–water partition coefficient (Wildman–Crippen LogP) is 1.85. The van der Waals surface area contributed by atoms with E-state index in [1.165, 1.54) is 0 Å². The van der Waals surface area contributed by atoms with Crippen LogP contribution in [0.3, 0.4) is 0 Å². The number of carbonyl (C=O) groups is 1. The Labute approximate surface area is 108 Å². The molecule has 0 aromatic heterocycles. The molecule has 0 aliphatic carbocycles. The Morgan fingerprint density at radius 1 is 1.28 bits per heavy atom. The van der Waals surface area contributed by atoms with Crippen LogP contribution in [0.5, 0.6) is 5.75 Å². The molecule has 4 heteroatoms. The molecule has 0 aliphatic rings. The lowest BCUT2D eigenvalue weighted by Crippen LogP contribution is -2.29. The quantitative estimate of drug-likeness (QED) is 0.522. The van der Waals surface area contributed by atoms with Gasteiger partial charge in [0.15, 0.2) is 5.78 Å². The number of rotatable bonds is 8. The zero-order valence-corrected chi connectivity index (χ0v) is 11.3. The van der Waals surface area contributed by atoms with Crippen LogP contribution < -0.4 is 4.74 Å². The van der Waals surface area contributed by atoms with Crippen molar-refractivity contribution in [2.75, 3.05) is 40.5 Å². The van der Waals surface area contributed by atoms with E-state index in [-0.39, 0.29) is 5.78 Å². The van der Waals surface area contributed by atoms with E-state index in [2.05, 4.69) is 0 Å². The molecule has 0 unspecified atom stereocenters. The Morgan fingerprint density at radius 3 is 2.50 bits per heavy atom. The summed E-state index contributed by atoms with van der Waals surface area (Å²) in [4.78, 5) is 13.9. The summed E-state index contributed by atoms with van der Waals surface area (Å²) >= 11 is 0. The van der Waals surface area contributed by atoms with Crippen molar-refractivity contribution in [1.82, 2.24) is 4.90 Å². The fourth-order valence-electron chi connectivity index (χ4n) is 1.56. The zero-order chi connectivity index (χ0) is 13.4. The maximum absolute atomic E-state index is 12.0. The summed E-state index contributed by atoms with van der Waals surface area (Å²) in [5.74, 6) is 0.868. The number of carbonyl (C=O) groups excluding carboxylic acids is 1. The number of hydrogen-bond donors (Lipinski definition) is 0. The maximum Gasteiger partial charge on any atom is 0.176 e. The van der Waals surface area contributed by atoms with Gasteiger partial charge in [0, 0.05) is 18.7 Å². The average molecular weight is 251 g/mol. The lowest BCUT2D eigenvalue weighted by Gasteiger charge is -2.15. The molecule has 0 saturated heterocycles. The fraction of sp³-hybridized carbons (Fsp3) is 0.500. The Morgan fingerprint density at radius 2 is 1.94 bits per heavy atom. The number of likely N-dealkylation sites (N-methyl/N-ethyl adjacent to an activating group) is 1. The van der Waals surface area contributed by atoms with Gasteiger partial charge in [0.05, 0.1) is 20.3 Å². The number of hydrogen-bond acceptors (Lipinski definition) is 4. The lowest BCUT2D eigenvalue weighted by atomic mass is 10.1. The van der Waals surface area contributed by atoms with Gasteiger partial charge in [-0.1, -0.05) is 0 Å². The van der Waals surface area contributed by atoms with Crippen molar-refractivity contribution in [2.24, 2.45) is 0 Å². The Bertz CT molecular complexity index is 362. The van der Waals surface area contributed by atoms with E-state index in [9.17, 15) is 4.79 Å². The summed E-state index contributed by atoms with van der Waals surface area (Å²) in [6, 6.07) is 7.18. The van der Waals surface area contributed by atoms with Crippen molar-refractivity contribution in [1.29, 1.82) is 0 Å². The molecule has 0 spiro atoms. The highest BCUT2D eigenvalue weighted by Gasteiger charge is 2.09. The highest BCUT2D eigenvalue weighted by atomic mass is 16.5. The zero-order valence-electron chi connectivity index (χ0n) is 11.3. The van der Waals surface area contributed by atoms with Gasteiger partial charge < -0.3 is 9.47 Å². The van der Waals surface area contributed by atoms with Crippen LogP contribution in [-0.4, -0.2) is 51.1 Å². The number of benzene rings is 1. The van der Waals surface area contributed by atoms with E-state index >= 15 is 0 Å². The van der Waals surface area contributed by atoms with Crippen LogP contribution in [0.25, 0.3) is 0 Å². The molecule has 0 atom stereocenters. The molecular weight excluding hydrogens is 230 g/mol. The van der Waals surface area contributed by atoms with Crippen LogP contribution in [0.1, 0.15) is 17.3 Å². The van der Waals surface area contributed by atoms with Gasteiger partial charge in [-0.25, -0.2) is 0 Å². The minimum atomic E-state index is 0.108. The van der Waals surface area contributed by atoms with Gasteiger partial charge in [-0.05, 0) is 38.2 Å². The van der Waals surface area contributed by atoms with Crippen LogP contribution in [0.15, 0.2) is 24.3 Å². The second-order valence-corrected chi connectivity index (χ2v) is 4.09. The van der Waals surface area contributed by atoms with Gasteiger partial charge in [-0.3, -0.25) is 9.69 Å². The van der Waals surface area contributed by atoms with Crippen molar-refractivity contribution in [3.63, 3.8) is 0 Å². The van der Waals surface area contributed by atoms with Gasteiger partial charge >= 0.3 is 0 Å². The Kier molecular flexibility index (Phi) is 6.39. The second-order valence-electron chi connectivity index (χ2n) is 4.09. The molecule has 0 fully saturated rings. The summed E-state index contributed by atoms with van der Waals surface area (Å²) in [6.45, 7) is 4.49. The van der Waals surface area contributed by atoms with Crippen molar-refractivity contribution < 1.29 is 14.3 Å². The van der Waals surface area contributed by atoms with Gasteiger partial charge in [-0.2, -0.15) is 0 Å². The van der Waals surface area contributed by atoms with E-state index in [1.807, 2.05) is 18.9 Å². The van der Waals surface area contributed by atoms with E-state index in [0.29, 0.717) is 25.3 Å². The third kappa shape index (κ3) is 4.85. The molecule has 18 heavy (non-hydrogen) atoms. The van der Waals surface area contributed by atoms with E-state index in [1.54, 1.807) is 31.4 Å². The van der Waals surface area contributed by atoms with Crippen LogP contribution in [-0.2, 0) is 4.74 Å². The summed E-state index contributed by atoms with van der Waals surface area (Å²) in [5, 5.41) is 0. The third-order valence-corrected chi connectivity index (χ3v) is 2.65. The van der Waals surface area contributed by atoms with Crippen molar-refractivity contribution in [3.05, 3.63) is 29.8 Å². The SMILES string of the molecule is CCOCCN(C)CC(=O)c1ccc(OC)cc1. The molecular formula is C14H21NO3. The summed E-state index contributed by atoms with van der Waals surface area (Å²) < 4.78 is 10.3. The first-order chi connectivity index (χ1) is 8.67. The molecule has 0 aliphatic heterocycles. The molecule has 0 N–H and O–H groups in total. The monoisotopic (exact) mass is 251 g/mol. The average Bonchev–Trinajstić information content (AvgIpc) is 2.39. The first kappa shape index (κ1) is 14.7. The first-order valence-corrected chi connectivity index (χ1v) is 6.11. The normalized spacial score (nSPS) is 10.7. The lowest BCUT2D eigenvalue weighted by molar-refractivity contribution is 0.0896. The van der Waals surface area contributed by atoms with Crippen LogP contribution in [0.4, 0.5) is 0 Å². The minimum Gasteiger partial charge on any atom is -0.497 e. The van der Waals surface area contributed by atoms with Crippen LogP contribution in [0.2, 0.25) is 0 Å². The molecule has 0 heterocycles. The second kappa shape index (κ2) is 7.84. The summed E-state index contributed by atoms with van der Waals surface area (Å²) in [5.41, 5.74) is 0.707. The van der Waals surface area contributed by atoms with Crippen LogP contribution in [0, 0.1) is 0 Å². The van der Waals surface area contributed by atoms with Gasteiger partial charge in [0.25, 0.3) is 0 Å². The predicted molar refractivity (Wildman–Crippen MR) is 71.3 cm³/mol. The van der Waals surface area contributed by atoms with Gasteiger partial charge in [-0.15, -0.1) is 0 Å². The minimum absolute atomic E-state index is 0.108. The molecule has 0 radical (unpaired) electrons. The first-order valence-electron chi connectivity index (χ1n) is 6.11. The maximum atomic E-state index is 12.0. The molecule has 4 nitrogen and oxygen atoms in total. The van der Waals surface area contributed by atoms with E-state index in [4.69, 9.17) is 9.47 Å². The van der Waals surface area contributed by atoms with E-state index < -0.39 is 0 Å². The van der Waals surface area contributed by atoms with Crippen LogP contribution >= 0.6 is 0 Å². The number of nitrogens with zero attached hydrogens (tertiary/aromatic N) is 1. The molecule has 0 amide bonds. The molecule has 0 bridgehead atoms. The molecule has 1 rings (SSSR count). The van der Waals surface area contributed by atoms with Gasteiger partial charge in [0.2, 0.25) is 0 Å². The van der Waals surface area contributed by atoms with Crippen molar-refractivity contribution in [2.45, 2.75) is 6.92 Å².